The second-order valence-electron chi connectivity index (χ2n) is 7.13. The molecule has 0 amide bonds. The SMILES string of the molecule is FC(F)(F)c1ccc(N=Nc2ccc(N=Nc3ccc(N4CCCSC4)cc3)cc2)cc1. The number of halogens is 3. The highest BCUT2D eigenvalue weighted by molar-refractivity contribution is 7.99. The van der Waals surface area contributed by atoms with Gasteiger partial charge in [-0.2, -0.15) is 33.6 Å². The molecule has 0 atom stereocenters. The van der Waals surface area contributed by atoms with Gasteiger partial charge in [0, 0.05) is 12.2 Å². The molecule has 1 aliphatic heterocycles. The molecule has 1 heterocycles. The highest BCUT2D eigenvalue weighted by Crippen LogP contribution is 2.31. The predicted octanol–water partition coefficient (Wildman–Crippen LogP) is 8.44. The zero-order chi connectivity index (χ0) is 22.4. The van der Waals surface area contributed by atoms with E-state index < -0.39 is 11.7 Å². The molecule has 4 rings (SSSR count). The van der Waals surface area contributed by atoms with Crippen molar-refractivity contribution in [2.24, 2.45) is 20.5 Å². The van der Waals surface area contributed by atoms with Gasteiger partial charge in [0.1, 0.15) is 0 Å². The second kappa shape index (κ2) is 9.95. The molecule has 0 saturated carbocycles. The Bertz CT molecular complexity index is 1070. The van der Waals surface area contributed by atoms with E-state index in [-0.39, 0.29) is 0 Å². The van der Waals surface area contributed by atoms with E-state index in [1.54, 1.807) is 24.3 Å². The van der Waals surface area contributed by atoms with Crippen LogP contribution in [0.1, 0.15) is 12.0 Å². The summed E-state index contributed by atoms with van der Waals surface area (Å²) in [5.41, 5.74) is 2.81. The summed E-state index contributed by atoms with van der Waals surface area (Å²) in [6.45, 7) is 1.08. The third-order valence-electron chi connectivity index (χ3n) is 4.78. The van der Waals surface area contributed by atoms with Crippen molar-refractivity contribution >= 4 is 40.2 Å². The van der Waals surface area contributed by atoms with Gasteiger partial charge in [-0.1, -0.05) is 0 Å². The van der Waals surface area contributed by atoms with E-state index in [0.29, 0.717) is 17.1 Å². The Morgan fingerprint density at radius 3 is 1.50 bits per heavy atom. The highest BCUT2D eigenvalue weighted by atomic mass is 32.2. The second-order valence-corrected chi connectivity index (χ2v) is 8.21. The average molecular weight is 456 g/mol. The van der Waals surface area contributed by atoms with Crippen LogP contribution in [0.3, 0.4) is 0 Å². The van der Waals surface area contributed by atoms with Gasteiger partial charge >= 0.3 is 6.18 Å². The Morgan fingerprint density at radius 2 is 1.09 bits per heavy atom. The van der Waals surface area contributed by atoms with Crippen LogP contribution in [0, 0.1) is 0 Å². The number of nitrogens with zero attached hydrogens (tertiary/aromatic N) is 5. The van der Waals surface area contributed by atoms with Gasteiger partial charge in [0.2, 0.25) is 0 Å². The van der Waals surface area contributed by atoms with Crippen molar-refractivity contribution in [3.63, 3.8) is 0 Å². The lowest BCUT2D eigenvalue weighted by Crippen LogP contribution is -2.28. The number of rotatable bonds is 5. The van der Waals surface area contributed by atoms with Crippen molar-refractivity contribution in [1.29, 1.82) is 0 Å². The lowest BCUT2D eigenvalue weighted by Gasteiger charge is -2.28. The maximum atomic E-state index is 12.6. The van der Waals surface area contributed by atoms with E-state index in [1.165, 1.54) is 30.0 Å². The monoisotopic (exact) mass is 455 g/mol. The molecule has 3 aromatic rings. The summed E-state index contributed by atoms with van der Waals surface area (Å²) in [6.07, 6.45) is -3.17. The molecule has 0 aromatic heterocycles. The smallest absolute Gasteiger partial charge is 0.362 e. The molecule has 0 spiro atoms. The van der Waals surface area contributed by atoms with Crippen LogP contribution in [-0.4, -0.2) is 18.2 Å². The summed E-state index contributed by atoms with van der Waals surface area (Å²) >= 11 is 1.94. The first-order valence-corrected chi connectivity index (χ1v) is 11.2. The average Bonchev–Trinajstić information content (AvgIpc) is 2.83. The molecule has 1 saturated heterocycles. The first kappa shape index (κ1) is 22.0. The standard InChI is InChI=1S/C23H20F3N5S/c24-23(25,26)17-2-4-18(5-3-17)27-28-19-6-8-20(9-7-19)29-30-21-10-12-22(13-11-21)31-14-1-15-32-16-31/h2-13H,1,14-16H2. The van der Waals surface area contributed by atoms with Gasteiger partial charge in [-0.15, -0.1) is 11.8 Å². The fourth-order valence-corrected chi connectivity index (χ4v) is 4.03. The van der Waals surface area contributed by atoms with Gasteiger partial charge in [0.25, 0.3) is 0 Å². The third-order valence-corrected chi connectivity index (χ3v) is 5.86. The van der Waals surface area contributed by atoms with Gasteiger partial charge in [0.15, 0.2) is 0 Å². The topological polar surface area (TPSA) is 52.7 Å². The Kier molecular flexibility index (Phi) is 6.84. The van der Waals surface area contributed by atoms with Crippen LogP contribution in [-0.2, 0) is 6.18 Å². The summed E-state index contributed by atoms with van der Waals surface area (Å²) < 4.78 is 37.8. The summed E-state index contributed by atoms with van der Waals surface area (Å²) in [4.78, 5) is 2.35. The zero-order valence-corrected chi connectivity index (χ0v) is 17.9. The van der Waals surface area contributed by atoms with Gasteiger partial charge < -0.3 is 4.90 Å². The van der Waals surface area contributed by atoms with E-state index >= 15 is 0 Å². The predicted molar refractivity (Wildman–Crippen MR) is 122 cm³/mol. The quantitative estimate of drug-likeness (QED) is 0.363. The lowest BCUT2D eigenvalue weighted by molar-refractivity contribution is -0.137. The number of alkyl halides is 3. The number of anilines is 1. The summed E-state index contributed by atoms with van der Waals surface area (Å²) in [5, 5.41) is 16.5. The Labute approximate surface area is 188 Å². The maximum Gasteiger partial charge on any atom is 0.416 e. The fourth-order valence-electron chi connectivity index (χ4n) is 3.06. The van der Waals surface area contributed by atoms with E-state index in [4.69, 9.17) is 0 Å². The first-order chi connectivity index (χ1) is 15.5. The number of azo groups is 2. The number of benzene rings is 3. The molecule has 0 radical (unpaired) electrons. The Hall–Kier alpha value is -3.20. The van der Waals surface area contributed by atoms with Crippen LogP contribution in [0.25, 0.3) is 0 Å². The molecular formula is C23H20F3N5S. The molecule has 1 fully saturated rings. The number of hydrogen-bond acceptors (Lipinski definition) is 6. The molecule has 0 aliphatic carbocycles. The van der Waals surface area contributed by atoms with Crippen LogP contribution >= 0.6 is 11.8 Å². The van der Waals surface area contributed by atoms with Crippen molar-refractivity contribution in [3.8, 4) is 0 Å². The lowest BCUT2D eigenvalue weighted by atomic mass is 10.2. The molecule has 3 aromatic carbocycles. The third kappa shape index (κ3) is 5.94. The van der Waals surface area contributed by atoms with E-state index in [1.807, 2.05) is 23.9 Å². The van der Waals surface area contributed by atoms with Gasteiger partial charge in [-0.05, 0) is 85.0 Å². The van der Waals surface area contributed by atoms with Crippen LogP contribution in [0.4, 0.5) is 41.6 Å². The molecular weight excluding hydrogens is 435 g/mol. The maximum absolute atomic E-state index is 12.6. The molecule has 0 bridgehead atoms. The van der Waals surface area contributed by atoms with Crippen LogP contribution in [0.5, 0.6) is 0 Å². The van der Waals surface area contributed by atoms with Gasteiger partial charge in [0.05, 0.1) is 34.2 Å². The van der Waals surface area contributed by atoms with E-state index in [2.05, 4.69) is 37.5 Å². The van der Waals surface area contributed by atoms with Crippen molar-refractivity contribution in [2.75, 3.05) is 23.1 Å². The largest absolute Gasteiger partial charge is 0.416 e. The normalized spacial score (nSPS) is 15.0. The number of thioether (sulfide) groups is 1. The van der Waals surface area contributed by atoms with Crippen LogP contribution in [0.15, 0.2) is 93.3 Å². The molecule has 5 nitrogen and oxygen atoms in total. The van der Waals surface area contributed by atoms with Crippen LogP contribution in [0.2, 0.25) is 0 Å². The van der Waals surface area contributed by atoms with Crippen molar-refractivity contribution in [1.82, 2.24) is 0 Å². The summed E-state index contributed by atoms with van der Waals surface area (Å²) in [5.74, 6) is 2.24. The zero-order valence-electron chi connectivity index (χ0n) is 17.0. The van der Waals surface area contributed by atoms with Crippen molar-refractivity contribution in [2.45, 2.75) is 12.6 Å². The molecule has 32 heavy (non-hydrogen) atoms. The Balaban J connectivity index is 1.35. The van der Waals surface area contributed by atoms with E-state index in [0.717, 1.165) is 30.2 Å². The molecule has 0 N–H and O–H groups in total. The molecule has 1 aliphatic rings. The first-order valence-electron chi connectivity index (χ1n) is 10.0. The minimum absolute atomic E-state index is 0.341. The molecule has 164 valence electrons. The Morgan fingerprint density at radius 1 is 0.656 bits per heavy atom. The summed E-state index contributed by atoms with van der Waals surface area (Å²) in [7, 11) is 0. The minimum Gasteiger partial charge on any atom is -0.362 e. The van der Waals surface area contributed by atoms with E-state index in [9.17, 15) is 13.2 Å². The van der Waals surface area contributed by atoms with Gasteiger partial charge in [-0.3, -0.25) is 0 Å². The van der Waals surface area contributed by atoms with Crippen molar-refractivity contribution < 1.29 is 13.2 Å². The number of hydrogen-bond donors (Lipinski definition) is 0. The van der Waals surface area contributed by atoms with Gasteiger partial charge in [-0.25, -0.2) is 0 Å². The van der Waals surface area contributed by atoms with Crippen LogP contribution < -0.4 is 4.90 Å². The molecule has 9 heteroatoms. The fraction of sp³-hybridized carbons (Fsp3) is 0.217. The minimum atomic E-state index is -4.37. The molecule has 0 unspecified atom stereocenters. The summed E-state index contributed by atoms with van der Waals surface area (Å²) in [6, 6.07) is 19.5. The van der Waals surface area contributed by atoms with Crippen molar-refractivity contribution in [3.05, 3.63) is 78.4 Å². The highest BCUT2D eigenvalue weighted by Gasteiger charge is 2.29.